The fourth-order valence-electron chi connectivity index (χ4n) is 3.99. The molecule has 1 aromatic heterocycles. The molecule has 1 aliphatic rings. The van der Waals surface area contributed by atoms with Gasteiger partial charge in [0.25, 0.3) is 0 Å². The van der Waals surface area contributed by atoms with Crippen molar-refractivity contribution in [1.29, 1.82) is 0 Å². The molecule has 9 nitrogen and oxygen atoms in total. The molecular formula is C21H22O9. The number of hydrogen-bond acceptors (Lipinski definition) is 9. The van der Waals surface area contributed by atoms with E-state index in [0.717, 1.165) is 6.07 Å². The Morgan fingerprint density at radius 3 is 2.43 bits per heavy atom. The van der Waals surface area contributed by atoms with Gasteiger partial charge in [0.05, 0.1) is 37.4 Å². The van der Waals surface area contributed by atoms with Crippen molar-refractivity contribution >= 4 is 21.9 Å². The predicted molar refractivity (Wildman–Crippen MR) is 105 cm³/mol. The van der Waals surface area contributed by atoms with Gasteiger partial charge in [-0.2, -0.15) is 0 Å². The maximum absolute atomic E-state index is 12.9. The van der Waals surface area contributed by atoms with E-state index in [-0.39, 0.29) is 40.7 Å². The van der Waals surface area contributed by atoms with Crippen LogP contribution in [0.2, 0.25) is 0 Å². The molecule has 4 rings (SSSR count). The number of para-hydroxylation sites is 1. The summed E-state index contributed by atoms with van der Waals surface area (Å²) < 4.78 is 11.1. The zero-order valence-corrected chi connectivity index (χ0v) is 15.8. The largest absolute Gasteiger partial charge is 0.507 e. The van der Waals surface area contributed by atoms with Crippen LogP contribution in [0, 0.1) is 5.92 Å². The molecule has 160 valence electrons. The van der Waals surface area contributed by atoms with Gasteiger partial charge in [0.1, 0.15) is 34.2 Å². The van der Waals surface area contributed by atoms with Gasteiger partial charge < -0.3 is 39.8 Å². The van der Waals surface area contributed by atoms with Gasteiger partial charge >= 0.3 is 0 Å². The van der Waals surface area contributed by atoms with Crippen molar-refractivity contribution in [2.45, 2.75) is 24.2 Å². The first-order chi connectivity index (χ1) is 14.3. The van der Waals surface area contributed by atoms with E-state index in [9.17, 15) is 35.4 Å². The third kappa shape index (κ3) is 3.21. The number of phenolic OH excluding ortho intramolecular Hbond substituents is 2. The third-order valence-corrected chi connectivity index (χ3v) is 5.69. The highest BCUT2D eigenvalue weighted by molar-refractivity contribution is 5.95. The molecule has 0 amide bonds. The lowest BCUT2D eigenvalue weighted by Crippen LogP contribution is -2.49. The molecule has 1 fully saturated rings. The highest BCUT2D eigenvalue weighted by atomic mass is 16.5. The summed E-state index contributed by atoms with van der Waals surface area (Å²) in [5, 5.41) is 62.0. The van der Waals surface area contributed by atoms with Crippen molar-refractivity contribution < 1.29 is 39.8 Å². The number of rotatable bonds is 2. The van der Waals surface area contributed by atoms with E-state index >= 15 is 0 Å². The zero-order valence-electron chi connectivity index (χ0n) is 15.8. The first kappa shape index (κ1) is 20.6. The molecule has 0 aliphatic carbocycles. The van der Waals surface area contributed by atoms with Crippen LogP contribution in [0.3, 0.4) is 0 Å². The number of ether oxygens (including phenoxy) is 1. The molecule has 0 spiro atoms. The van der Waals surface area contributed by atoms with Crippen LogP contribution in [0.15, 0.2) is 39.5 Å². The van der Waals surface area contributed by atoms with Gasteiger partial charge in [0.15, 0.2) is 0 Å². The van der Waals surface area contributed by atoms with Gasteiger partial charge in [-0.1, -0.05) is 12.1 Å². The molecule has 0 radical (unpaired) electrons. The molecule has 0 saturated carbocycles. The van der Waals surface area contributed by atoms with Crippen LogP contribution in [0.5, 0.6) is 11.5 Å². The summed E-state index contributed by atoms with van der Waals surface area (Å²) in [6.07, 6.45) is -4.83. The van der Waals surface area contributed by atoms with E-state index in [1.54, 1.807) is 18.2 Å². The SMILES string of the molecule is O=c1c2ccccc2oc2cc(O)c([C@@H]3COC[C@H](CO)[C@H](O)[C@H](O)[C@@H]3O)c(O)c12. The van der Waals surface area contributed by atoms with E-state index < -0.39 is 53.7 Å². The summed E-state index contributed by atoms with van der Waals surface area (Å²) in [7, 11) is 0. The van der Waals surface area contributed by atoms with Crippen molar-refractivity contribution in [1.82, 2.24) is 0 Å². The van der Waals surface area contributed by atoms with Crippen LogP contribution in [-0.2, 0) is 4.74 Å². The maximum atomic E-state index is 12.9. The Labute approximate surface area is 170 Å². The van der Waals surface area contributed by atoms with E-state index in [1.807, 2.05) is 0 Å². The second-order valence-corrected chi connectivity index (χ2v) is 7.52. The van der Waals surface area contributed by atoms with E-state index in [2.05, 4.69) is 0 Å². The minimum atomic E-state index is -1.68. The van der Waals surface area contributed by atoms with Crippen LogP contribution >= 0.6 is 0 Å². The summed E-state index contributed by atoms with van der Waals surface area (Å²) in [4.78, 5) is 12.9. The van der Waals surface area contributed by atoms with Gasteiger partial charge in [0, 0.05) is 23.5 Å². The van der Waals surface area contributed by atoms with Gasteiger partial charge in [-0.3, -0.25) is 4.79 Å². The second-order valence-electron chi connectivity index (χ2n) is 7.52. The standard InChI is InChI=1S/C21H22O9/c22-6-9-7-29-8-11(19(26)21(28)17(9)24)15-12(23)5-14-16(20(15)27)18(25)10-3-1-2-4-13(10)30-14/h1-5,9,11,17,19,21-24,26-28H,6-8H2/t9-,11-,17-,19+,21-/m0/s1. The average Bonchev–Trinajstić information content (AvgIpc) is 2.73. The first-order valence-electron chi connectivity index (χ1n) is 9.48. The lowest BCUT2D eigenvalue weighted by atomic mass is 9.83. The number of phenols is 2. The molecule has 2 aromatic carbocycles. The lowest BCUT2D eigenvalue weighted by molar-refractivity contribution is -0.133. The van der Waals surface area contributed by atoms with Gasteiger partial charge in [0.2, 0.25) is 5.43 Å². The predicted octanol–water partition coefficient (Wildman–Crippen LogP) is 0.162. The smallest absolute Gasteiger partial charge is 0.204 e. The number of hydrogen-bond donors (Lipinski definition) is 6. The van der Waals surface area contributed by atoms with Crippen LogP contribution in [0.4, 0.5) is 0 Å². The first-order valence-corrected chi connectivity index (χ1v) is 9.48. The molecule has 1 saturated heterocycles. The van der Waals surface area contributed by atoms with Crippen LogP contribution < -0.4 is 5.43 Å². The molecular weight excluding hydrogens is 396 g/mol. The van der Waals surface area contributed by atoms with Crippen LogP contribution in [-0.4, -0.2) is 68.8 Å². The number of aliphatic hydroxyl groups excluding tert-OH is 4. The summed E-state index contributed by atoms with van der Waals surface area (Å²) >= 11 is 0. The molecule has 0 bridgehead atoms. The summed E-state index contributed by atoms with van der Waals surface area (Å²) in [6.45, 7) is -0.816. The maximum Gasteiger partial charge on any atom is 0.204 e. The topological polar surface area (TPSA) is 161 Å². The molecule has 5 atom stereocenters. The number of fused-ring (bicyclic) bond motifs is 2. The normalized spacial score (nSPS) is 27.8. The van der Waals surface area contributed by atoms with Crippen molar-refractivity contribution in [3.63, 3.8) is 0 Å². The quantitative estimate of drug-likeness (QED) is 0.319. The van der Waals surface area contributed by atoms with Gasteiger partial charge in [-0.25, -0.2) is 0 Å². The summed E-state index contributed by atoms with van der Waals surface area (Å²) in [6, 6.07) is 7.60. The second kappa shape index (κ2) is 7.86. The molecule has 1 aliphatic heterocycles. The Bertz CT molecular complexity index is 1140. The Balaban J connectivity index is 1.88. The molecule has 0 unspecified atom stereocenters. The Kier molecular flexibility index (Phi) is 5.39. The lowest BCUT2D eigenvalue weighted by Gasteiger charge is -2.36. The molecule has 30 heavy (non-hydrogen) atoms. The Hall–Kier alpha value is -2.69. The van der Waals surface area contributed by atoms with Crippen molar-refractivity contribution in [3.8, 4) is 11.5 Å². The summed E-state index contributed by atoms with van der Waals surface area (Å²) in [5.41, 5.74) is -0.483. The fourth-order valence-corrected chi connectivity index (χ4v) is 3.99. The van der Waals surface area contributed by atoms with Crippen molar-refractivity contribution in [2.75, 3.05) is 19.8 Å². The minimum absolute atomic E-state index is 0.0420. The van der Waals surface area contributed by atoms with Gasteiger partial charge in [-0.05, 0) is 12.1 Å². The highest BCUT2D eigenvalue weighted by Crippen LogP contribution is 2.42. The van der Waals surface area contributed by atoms with E-state index in [1.165, 1.54) is 6.07 Å². The molecule has 2 heterocycles. The Morgan fingerprint density at radius 1 is 0.967 bits per heavy atom. The van der Waals surface area contributed by atoms with Crippen molar-refractivity contribution in [2.24, 2.45) is 5.92 Å². The summed E-state index contributed by atoms with van der Waals surface area (Å²) in [5.74, 6) is -3.04. The monoisotopic (exact) mass is 418 g/mol. The average molecular weight is 418 g/mol. The Morgan fingerprint density at radius 2 is 1.70 bits per heavy atom. The third-order valence-electron chi connectivity index (χ3n) is 5.69. The van der Waals surface area contributed by atoms with Crippen molar-refractivity contribution in [3.05, 3.63) is 46.1 Å². The number of aromatic hydroxyl groups is 2. The van der Waals surface area contributed by atoms with Gasteiger partial charge in [-0.15, -0.1) is 0 Å². The number of aliphatic hydroxyl groups is 4. The molecule has 6 N–H and O–H groups in total. The molecule has 9 heteroatoms. The fraction of sp³-hybridized carbons (Fsp3) is 0.381. The molecule has 3 aromatic rings. The number of benzene rings is 2. The zero-order chi connectivity index (χ0) is 21.6. The van der Waals surface area contributed by atoms with E-state index in [4.69, 9.17) is 9.15 Å². The minimum Gasteiger partial charge on any atom is -0.507 e. The van der Waals surface area contributed by atoms with Crippen LogP contribution in [0.1, 0.15) is 11.5 Å². The highest BCUT2D eigenvalue weighted by Gasteiger charge is 2.40. The van der Waals surface area contributed by atoms with Crippen LogP contribution in [0.25, 0.3) is 21.9 Å². The van der Waals surface area contributed by atoms with E-state index in [0.29, 0.717) is 0 Å².